The summed E-state index contributed by atoms with van der Waals surface area (Å²) in [6.45, 7) is 17.7. The number of amides is 3. The lowest BCUT2D eigenvalue weighted by molar-refractivity contribution is -0.148. The van der Waals surface area contributed by atoms with Gasteiger partial charge in [-0.2, -0.15) is 0 Å². The van der Waals surface area contributed by atoms with Crippen molar-refractivity contribution in [3.8, 4) is 0 Å². The average Bonchev–Trinajstić information content (AvgIpc) is 2.84. The minimum Gasteiger partial charge on any atom is -0.444 e. The highest BCUT2D eigenvalue weighted by molar-refractivity contribution is 5.93. The molecule has 0 heterocycles. The Morgan fingerprint density at radius 1 is 0.900 bits per heavy atom. The first kappa shape index (κ1) is 32.9. The van der Waals surface area contributed by atoms with Gasteiger partial charge in [-0.25, -0.2) is 4.79 Å². The molecule has 2 atom stereocenters. The number of nitrogens with zero attached hydrogens (tertiary/aromatic N) is 1. The molecule has 7 heteroatoms. The molecule has 2 rings (SSSR count). The highest BCUT2D eigenvalue weighted by atomic mass is 16.6. The van der Waals surface area contributed by atoms with Crippen LogP contribution in [0.2, 0.25) is 0 Å². The zero-order valence-corrected chi connectivity index (χ0v) is 25.9. The number of aryl methyl sites for hydroxylation is 2. The van der Waals surface area contributed by atoms with E-state index in [0.717, 1.165) is 41.5 Å². The summed E-state index contributed by atoms with van der Waals surface area (Å²) in [5.74, 6) is -0.590. The summed E-state index contributed by atoms with van der Waals surface area (Å²) < 4.78 is 5.52. The number of alkyl carbamates (subject to hydrolysis) is 1. The predicted octanol–water partition coefficient (Wildman–Crippen LogP) is 6.41. The number of hydrogen-bond acceptors (Lipinski definition) is 4. The highest BCUT2D eigenvalue weighted by Gasteiger charge is 2.42. The minimum absolute atomic E-state index is 0.238. The van der Waals surface area contributed by atoms with Gasteiger partial charge in [-0.15, -0.1) is 0 Å². The van der Waals surface area contributed by atoms with Gasteiger partial charge < -0.3 is 20.3 Å². The number of rotatable bonds is 11. The summed E-state index contributed by atoms with van der Waals surface area (Å²) in [5.41, 5.74) is 2.29. The Kier molecular flexibility index (Phi) is 11.8. The zero-order chi connectivity index (χ0) is 30.1. The van der Waals surface area contributed by atoms with Gasteiger partial charge in [0.1, 0.15) is 17.7 Å². The van der Waals surface area contributed by atoms with Gasteiger partial charge in [0, 0.05) is 18.5 Å². The van der Waals surface area contributed by atoms with E-state index in [-0.39, 0.29) is 18.2 Å². The fourth-order valence-electron chi connectivity index (χ4n) is 4.55. The summed E-state index contributed by atoms with van der Waals surface area (Å²) in [5, 5.41) is 5.89. The van der Waals surface area contributed by atoms with E-state index in [0.29, 0.717) is 6.54 Å². The van der Waals surface area contributed by atoms with Gasteiger partial charge in [-0.3, -0.25) is 9.59 Å². The molecule has 2 aromatic carbocycles. The van der Waals surface area contributed by atoms with Crippen molar-refractivity contribution in [2.24, 2.45) is 0 Å². The van der Waals surface area contributed by atoms with Gasteiger partial charge in [0.15, 0.2) is 0 Å². The van der Waals surface area contributed by atoms with Crippen molar-refractivity contribution in [1.82, 2.24) is 15.5 Å². The van der Waals surface area contributed by atoms with Crippen LogP contribution in [0.3, 0.4) is 0 Å². The summed E-state index contributed by atoms with van der Waals surface area (Å²) >= 11 is 0. The molecule has 0 spiro atoms. The van der Waals surface area contributed by atoms with Gasteiger partial charge in [-0.05, 0) is 84.1 Å². The Morgan fingerprint density at radius 2 is 1.55 bits per heavy atom. The van der Waals surface area contributed by atoms with Crippen LogP contribution < -0.4 is 10.6 Å². The van der Waals surface area contributed by atoms with Crippen LogP contribution in [0.4, 0.5) is 4.79 Å². The van der Waals surface area contributed by atoms with E-state index in [1.165, 1.54) is 0 Å². The van der Waals surface area contributed by atoms with Crippen LogP contribution in [-0.2, 0) is 20.7 Å². The first-order valence-electron chi connectivity index (χ1n) is 14.4. The maximum Gasteiger partial charge on any atom is 0.408 e. The Hall–Kier alpha value is -3.35. The quantitative estimate of drug-likeness (QED) is 0.316. The molecule has 7 nitrogen and oxygen atoms in total. The van der Waals surface area contributed by atoms with E-state index >= 15 is 0 Å². The molecule has 3 amide bonds. The average molecular weight is 552 g/mol. The van der Waals surface area contributed by atoms with Crippen molar-refractivity contribution in [2.45, 2.75) is 111 Å². The number of benzene rings is 2. The Labute approximate surface area is 241 Å². The van der Waals surface area contributed by atoms with Gasteiger partial charge in [0.05, 0.1) is 0 Å². The lowest BCUT2D eigenvalue weighted by Crippen LogP contribution is -2.59. The molecule has 0 fully saturated rings. The molecular weight excluding hydrogens is 502 g/mol. The largest absolute Gasteiger partial charge is 0.444 e. The molecule has 0 radical (unpaired) electrons. The van der Waals surface area contributed by atoms with Crippen molar-refractivity contribution in [3.63, 3.8) is 0 Å². The van der Waals surface area contributed by atoms with E-state index in [4.69, 9.17) is 4.74 Å². The standard InChI is InChI=1S/C33H49N3O4/c1-10-11-15-20-34-29(37)28(26-19-18-23(2)24(3)21-26)36(32(4,5)6)30(38)27(22-25-16-13-12-14-17-25)35-31(39)40-33(7,8)9/h12-14,16-19,21,27-28H,10-11,15,20,22H2,1-9H3,(H,34,37)(H,35,39). The number of carbonyl (C=O) groups is 3. The minimum atomic E-state index is -0.946. The van der Waals surface area contributed by atoms with E-state index in [1.807, 2.05) is 83.1 Å². The molecule has 0 saturated heterocycles. The molecule has 2 aromatic rings. The monoisotopic (exact) mass is 551 g/mol. The fourth-order valence-corrected chi connectivity index (χ4v) is 4.55. The fraction of sp³-hybridized carbons (Fsp3) is 0.545. The third-order valence-electron chi connectivity index (χ3n) is 6.66. The van der Waals surface area contributed by atoms with Crippen molar-refractivity contribution in [3.05, 3.63) is 70.8 Å². The Balaban J connectivity index is 2.58. The van der Waals surface area contributed by atoms with E-state index in [2.05, 4.69) is 17.6 Å². The van der Waals surface area contributed by atoms with Crippen LogP contribution in [0, 0.1) is 13.8 Å². The van der Waals surface area contributed by atoms with Crippen LogP contribution in [0.25, 0.3) is 0 Å². The highest BCUT2D eigenvalue weighted by Crippen LogP contribution is 2.31. The van der Waals surface area contributed by atoms with Crippen LogP contribution in [0.1, 0.15) is 96.0 Å². The first-order valence-corrected chi connectivity index (χ1v) is 14.4. The number of hydrogen-bond donors (Lipinski definition) is 2. The molecule has 220 valence electrons. The van der Waals surface area contributed by atoms with Crippen molar-refractivity contribution in [2.75, 3.05) is 6.54 Å². The van der Waals surface area contributed by atoms with Crippen molar-refractivity contribution >= 4 is 17.9 Å². The summed E-state index contributed by atoms with van der Waals surface area (Å²) in [4.78, 5) is 42.9. The van der Waals surface area contributed by atoms with Crippen LogP contribution in [0.5, 0.6) is 0 Å². The topological polar surface area (TPSA) is 87.7 Å². The molecule has 2 N–H and O–H groups in total. The van der Waals surface area contributed by atoms with Gasteiger partial charge in [-0.1, -0.05) is 68.3 Å². The zero-order valence-electron chi connectivity index (χ0n) is 25.9. The Morgan fingerprint density at radius 3 is 2.10 bits per heavy atom. The predicted molar refractivity (Wildman–Crippen MR) is 161 cm³/mol. The molecule has 2 unspecified atom stereocenters. The molecule has 40 heavy (non-hydrogen) atoms. The maximum atomic E-state index is 14.5. The third kappa shape index (κ3) is 10.00. The second-order valence-corrected chi connectivity index (χ2v) is 12.5. The molecule has 0 aliphatic rings. The van der Waals surface area contributed by atoms with Gasteiger partial charge >= 0.3 is 6.09 Å². The molecule has 0 aliphatic heterocycles. The van der Waals surface area contributed by atoms with Crippen LogP contribution in [-0.4, -0.2) is 46.5 Å². The Bertz CT molecular complexity index is 1130. The second kappa shape index (κ2) is 14.3. The summed E-state index contributed by atoms with van der Waals surface area (Å²) in [6.07, 6.45) is 2.49. The SMILES string of the molecule is CCCCCNC(=O)C(c1ccc(C)c(C)c1)N(C(=O)C(Cc1ccccc1)NC(=O)OC(C)(C)C)C(C)(C)C. The molecule has 0 bridgehead atoms. The van der Waals surface area contributed by atoms with E-state index < -0.39 is 29.3 Å². The third-order valence-corrected chi connectivity index (χ3v) is 6.66. The lowest BCUT2D eigenvalue weighted by atomic mass is 9.92. The van der Waals surface area contributed by atoms with E-state index in [9.17, 15) is 14.4 Å². The van der Waals surface area contributed by atoms with Crippen LogP contribution in [0.15, 0.2) is 48.5 Å². The molecule has 0 aliphatic carbocycles. The van der Waals surface area contributed by atoms with E-state index in [1.54, 1.807) is 25.7 Å². The number of carbonyl (C=O) groups excluding carboxylic acids is 3. The number of ether oxygens (including phenoxy) is 1. The van der Waals surface area contributed by atoms with Crippen molar-refractivity contribution in [1.29, 1.82) is 0 Å². The summed E-state index contributed by atoms with van der Waals surface area (Å²) in [7, 11) is 0. The number of nitrogens with one attached hydrogen (secondary N) is 2. The molecule has 0 aromatic heterocycles. The smallest absolute Gasteiger partial charge is 0.408 e. The number of unbranched alkanes of at least 4 members (excludes halogenated alkanes) is 2. The van der Waals surface area contributed by atoms with Crippen LogP contribution >= 0.6 is 0 Å². The van der Waals surface area contributed by atoms with Gasteiger partial charge in [0.25, 0.3) is 0 Å². The molecule has 0 saturated carbocycles. The van der Waals surface area contributed by atoms with Gasteiger partial charge in [0.2, 0.25) is 11.8 Å². The second-order valence-electron chi connectivity index (χ2n) is 12.5. The lowest BCUT2D eigenvalue weighted by Gasteiger charge is -2.43. The maximum absolute atomic E-state index is 14.5. The molecular formula is C33H49N3O4. The van der Waals surface area contributed by atoms with Crippen molar-refractivity contribution < 1.29 is 19.1 Å². The first-order chi connectivity index (χ1) is 18.6. The summed E-state index contributed by atoms with van der Waals surface area (Å²) in [6, 6.07) is 13.6. The normalized spacial score (nSPS) is 13.2.